The molecule has 20 heavy (non-hydrogen) atoms. The van der Waals surface area contributed by atoms with Crippen molar-refractivity contribution >= 4 is 21.8 Å². The van der Waals surface area contributed by atoms with Crippen molar-refractivity contribution in [2.45, 2.75) is 33.6 Å². The van der Waals surface area contributed by atoms with Crippen LogP contribution in [0.2, 0.25) is 0 Å². The number of carbonyl (C=O) groups is 1. The minimum absolute atomic E-state index is 0.0959. The van der Waals surface area contributed by atoms with Crippen LogP contribution in [0.25, 0.3) is 0 Å². The smallest absolute Gasteiger partial charge is 0.260 e. The average molecular weight is 340 g/mol. The molecule has 110 valence electrons. The summed E-state index contributed by atoms with van der Waals surface area (Å²) in [5.74, 6) is 1.65. The third kappa shape index (κ3) is 3.75. The maximum absolute atomic E-state index is 12.2. The Kier molecular flexibility index (Phi) is 5.08. The summed E-state index contributed by atoms with van der Waals surface area (Å²) in [5, 5.41) is 0. The van der Waals surface area contributed by atoms with Gasteiger partial charge >= 0.3 is 0 Å². The number of ether oxygens (including phenoxy) is 1. The highest BCUT2D eigenvalue weighted by Gasteiger charge is 2.20. The predicted octanol–water partition coefficient (Wildman–Crippen LogP) is 3.70. The van der Waals surface area contributed by atoms with E-state index < -0.39 is 0 Å². The van der Waals surface area contributed by atoms with E-state index >= 15 is 0 Å². The lowest BCUT2D eigenvalue weighted by atomic mass is 9.99. The SMILES string of the molecule is Cc1cc(Br)cc(C)c1OCC(=O)N1CCC(C)CC1. The molecule has 1 saturated heterocycles. The number of halogens is 1. The fourth-order valence-electron chi connectivity index (χ4n) is 2.61. The van der Waals surface area contributed by atoms with Crippen LogP contribution < -0.4 is 4.74 Å². The largest absolute Gasteiger partial charge is 0.483 e. The summed E-state index contributed by atoms with van der Waals surface area (Å²) in [5.41, 5.74) is 2.11. The Bertz CT molecular complexity index is 470. The number of benzene rings is 1. The molecule has 0 aromatic heterocycles. The second-order valence-corrected chi connectivity index (χ2v) is 6.64. The molecule has 1 heterocycles. The summed E-state index contributed by atoms with van der Waals surface area (Å²) >= 11 is 3.46. The first-order chi connectivity index (χ1) is 9.47. The third-order valence-corrected chi connectivity index (χ3v) is 4.36. The van der Waals surface area contributed by atoms with Crippen LogP contribution in [0.4, 0.5) is 0 Å². The van der Waals surface area contributed by atoms with Crippen molar-refractivity contribution in [1.82, 2.24) is 4.90 Å². The van der Waals surface area contributed by atoms with E-state index in [1.807, 2.05) is 30.9 Å². The van der Waals surface area contributed by atoms with Crippen molar-refractivity contribution in [3.05, 3.63) is 27.7 Å². The molecular weight excluding hydrogens is 318 g/mol. The molecule has 1 fully saturated rings. The van der Waals surface area contributed by atoms with Crippen molar-refractivity contribution in [3.63, 3.8) is 0 Å². The van der Waals surface area contributed by atoms with Gasteiger partial charge in [0, 0.05) is 17.6 Å². The molecule has 0 spiro atoms. The Hall–Kier alpha value is -1.03. The Morgan fingerprint density at radius 3 is 2.40 bits per heavy atom. The monoisotopic (exact) mass is 339 g/mol. The van der Waals surface area contributed by atoms with Crippen LogP contribution in [0, 0.1) is 19.8 Å². The zero-order chi connectivity index (χ0) is 14.7. The van der Waals surface area contributed by atoms with Crippen LogP contribution >= 0.6 is 15.9 Å². The number of hydrogen-bond donors (Lipinski definition) is 0. The van der Waals surface area contributed by atoms with Crippen molar-refractivity contribution < 1.29 is 9.53 Å². The molecule has 0 bridgehead atoms. The van der Waals surface area contributed by atoms with E-state index in [-0.39, 0.29) is 12.5 Å². The average Bonchev–Trinajstić information content (AvgIpc) is 2.38. The first kappa shape index (κ1) is 15.4. The van der Waals surface area contributed by atoms with Gasteiger partial charge in [-0.1, -0.05) is 22.9 Å². The van der Waals surface area contributed by atoms with E-state index in [2.05, 4.69) is 22.9 Å². The third-order valence-electron chi connectivity index (χ3n) is 3.90. The molecule has 0 radical (unpaired) electrons. The Morgan fingerprint density at radius 2 is 1.85 bits per heavy atom. The second-order valence-electron chi connectivity index (χ2n) is 5.72. The summed E-state index contributed by atoms with van der Waals surface area (Å²) in [6.07, 6.45) is 2.20. The Labute approximate surface area is 129 Å². The summed E-state index contributed by atoms with van der Waals surface area (Å²) in [4.78, 5) is 14.1. The molecule has 0 aliphatic carbocycles. The van der Waals surface area contributed by atoms with Crippen LogP contribution in [0.15, 0.2) is 16.6 Å². The maximum atomic E-state index is 12.2. The number of rotatable bonds is 3. The molecule has 2 rings (SSSR count). The molecule has 3 nitrogen and oxygen atoms in total. The van der Waals surface area contributed by atoms with Crippen molar-refractivity contribution in [2.75, 3.05) is 19.7 Å². The van der Waals surface area contributed by atoms with Gasteiger partial charge in [0.15, 0.2) is 6.61 Å². The van der Waals surface area contributed by atoms with Gasteiger partial charge in [-0.2, -0.15) is 0 Å². The first-order valence-corrected chi connectivity index (χ1v) is 7.94. The van der Waals surface area contributed by atoms with Gasteiger partial charge < -0.3 is 9.64 Å². The van der Waals surface area contributed by atoms with Crippen molar-refractivity contribution in [3.8, 4) is 5.75 Å². The minimum Gasteiger partial charge on any atom is -0.483 e. The molecular formula is C16H22BrNO2. The standard InChI is InChI=1S/C16H22BrNO2/c1-11-4-6-18(7-5-11)15(19)10-20-16-12(2)8-14(17)9-13(16)3/h8-9,11H,4-7,10H2,1-3H3. The van der Waals surface area contributed by atoms with Gasteiger partial charge in [-0.3, -0.25) is 4.79 Å². The van der Waals surface area contributed by atoms with Crippen LogP contribution in [-0.4, -0.2) is 30.5 Å². The minimum atomic E-state index is 0.0959. The van der Waals surface area contributed by atoms with Gasteiger partial charge in [0.25, 0.3) is 5.91 Å². The molecule has 1 amide bonds. The molecule has 0 atom stereocenters. The van der Waals surface area contributed by atoms with Gasteiger partial charge in [-0.15, -0.1) is 0 Å². The van der Waals surface area contributed by atoms with E-state index in [4.69, 9.17) is 4.74 Å². The molecule has 0 saturated carbocycles. The number of aryl methyl sites for hydroxylation is 2. The lowest BCUT2D eigenvalue weighted by molar-refractivity contribution is -0.134. The first-order valence-electron chi connectivity index (χ1n) is 7.14. The van der Waals surface area contributed by atoms with Crippen LogP contribution in [0.5, 0.6) is 5.75 Å². The van der Waals surface area contributed by atoms with Gasteiger partial charge in [-0.05, 0) is 55.9 Å². The summed E-state index contributed by atoms with van der Waals surface area (Å²) < 4.78 is 6.79. The van der Waals surface area contributed by atoms with Gasteiger partial charge in [-0.25, -0.2) is 0 Å². The summed E-state index contributed by atoms with van der Waals surface area (Å²) in [6, 6.07) is 4.02. The molecule has 0 N–H and O–H groups in total. The number of likely N-dealkylation sites (tertiary alicyclic amines) is 1. The number of amides is 1. The van der Waals surface area contributed by atoms with Crippen LogP contribution in [-0.2, 0) is 4.79 Å². The van der Waals surface area contributed by atoms with Gasteiger partial charge in [0.2, 0.25) is 0 Å². The van der Waals surface area contributed by atoms with Gasteiger partial charge in [0.05, 0.1) is 0 Å². The number of nitrogens with zero attached hydrogens (tertiary/aromatic N) is 1. The molecule has 1 aromatic carbocycles. The van der Waals surface area contributed by atoms with Crippen molar-refractivity contribution in [1.29, 1.82) is 0 Å². The zero-order valence-corrected chi connectivity index (χ0v) is 14.0. The Morgan fingerprint density at radius 1 is 1.30 bits per heavy atom. The van der Waals surface area contributed by atoms with Crippen LogP contribution in [0.1, 0.15) is 30.9 Å². The number of hydrogen-bond acceptors (Lipinski definition) is 2. The lowest BCUT2D eigenvalue weighted by Gasteiger charge is -2.30. The number of carbonyl (C=O) groups excluding carboxylic acids is 1. The Balaban J connectivity index is 1.94. The van der Waals surface area contributed by atoms with E-state index in [0.29, 0.717) is 0 Å². The van der Waals surface area contributed by atoms with E-state index in [1.165, 1.54) is 0 Å². The summed E-state index contributed by atoms with van der Waals surface area (Å²) in [7, 11) is 0. The number of piperidine rings is 1. The molecule has 4 heteroatoms. The normalized spacial score (nSPS) is 16.3. The van der Waals surface area contributed by atoms with E-state index in [0.717, 1.165) is 53.2 Å². The lowest BCUT2D eigenvalue weighted by Crippen LogP contribution is -2.40. The van der Waals surface area contributed by atoms with Crippen molar-refractivity contribution in [2.24, 2.45) is 5.92 Å². The van der Waals surface area contributed by atoms with E-state index in [9.17, 15) is 4.79 Å². The zero-order valence-electron chi connectivity index (χ0n) is 12.4. The highest BCUT2D eigenvalue weighted by Crippen LogP contribution is 2.27. The molecule has 1 aliphatic rings. The predicted molar refractivity (Wildman–Crippen MR) is 84.1 cm³/mol. The molecule has 1 aliphatic heterocycles. The highest BCUT2D eigenvalue weighted by molar-refractivity contribution is 9.10. The van der Waals surface area contributed by atoms with Crippen LogP contribution in [0.3, 0.4) is 0 Å². The fraction of sp³-hybridized carbons (Fsp3) is 0.562. The second kappa shape index (κ2) is 6.61. The topological polar surface area (TPSA) is 29.5 Å². The van der Waals surface area contributed by atoms with E-state index in [1.54, 1.807) is 0 Å². The van der Waals surface area contributed by atoms with Gasteiger partial charge in [0.1, 0.15) is 5.75 Å². The summed E-state index contributed by atoms with van der Waals surface area (Å²) in [6.45, 7) is 8.11. The fourth-order valence-corrected chi connectivity index (χ4v) is 3.30. The maximum Gasteiger partial charge on any atom is 0.260 e. The molecule has 0 unspecified atom stereocenters. The quantitative estimate of drug-likeness (QED) is 0.840. The molecule has 1 aromatic rings. The highest BCUT2D eigenvalue weighted by atomic mass is 79.9.